The fourth-order valence-electron chi connectivity index (χ4n) is 3.14. The summed E-state index contributed by atoms with van der Waals surface area (Å²) >= 11 is 3.39. The van der Waals surface area contributed by atoms with Crippen molar-refractivity contribution in [3.8, 4) is 5.88 Å². The minimum Gasteiger partial charge on any atom is -0.493 e. The number of nitrogens with zero attached hydrogens (tertiary/aromatic N) is 2. The van der Waals surface area contributed by atoms with Gasteiger partial charge in [0.2, 0.25) is 5.88 Å². The number of benzene rings is 2. The lowest BCUT2D eigenvalue weighted by Crippen LogP contribution is -2.35. The molecule has 3 aromatic rings. The van der Waals surface area contributed by atoms with Crippen LogP contribution in [0.2, 0.25) is 0 Å². The van der Waals surface area contributed by atoms with E-state index in [4.69, 9.17) is 0 Å². The van der Waals surface area contributed by atoms with Gasteiger partial charge in [0.1, 0.15) is 6.04 Å². The number of hydrogen-bond donors (Lipinski definition) is 4. The zero-order valence-electron chi connectivity index (χ0n) is 14.5. The second-order valence-corrected chi connectivity index (χ2v) is 7.51. The number of halogens is 1. The van der Waals surface area contributed by atoms with Gasteiger partial charge in [-0.2, -0.15) is 0 Å². The highest BCUT2D eigenvalue weighted by Crippen LogP contribution is 2.37. The molecule has 1 aromatic heterocycles. The summed E-state index contributed by atoms with van der Waals surface area (Å²) in [6.45, 7) is 2.04. The first kappa shape index (κ1) is 17.8. The first-order valence-electron chi connectivity index (χ1n) is 8.54. The van der Waals surface area contributed by atoms with E-state index in [0.29, 0.717) is 11.8 Å². The Labute approximate surface area is 164 Å². The second kappa shape index (κ2) is 7.22. The lowest BCUT2D eigenvalue weighted by Gasteiger charge is -2.09. The van der Waals surface area contributed by atoms with Crippen molar-refractivity contribution in [3.63, 3.8) is 0 Å². The van der Waals surface area contributed by atoms with Gasteiger partial charge in [-0.3, -0.25) is 4.79 Å². The van der Waals surface area contributed by atoms with Gasteiger partial charge in [0.25, 0.3) is 5.91 Å². The van der Waals surface area contributed by atoms with E-state index in [2.05, 4.69) is 42.0 Å². The lowest BCUT2D eigenvalue weighted by molar-refractivity contribution is -0.120. The highest BCUT2D eigenvalue weighted by molar-refractivity contribution is 9.10. The van der Waals surface area contributed by atoms with Crippen LogP contribution in [0, 0.1) is 6.92 Å². The van der Waals surface area contributed by atoms with Gasteiger partial charge < -0.3 is 10.1 Å². The molecule has 2 heterocycles. The van der Waals surface area contributed by atoms with Gasteiger partial charge >= 0.3 is 0 Å². The van der Waals surface area contributed by atoms with Crippen molar-refractivity contribution in [2.75, 3.05) is 0 Å². The highest BCUT2D eigenvalue weighted by atomic mass is 79.9. The Kier molecular flexibility index (Phi) is 4.77. The van der Waals surface area contributed by atoms with Crippen molar-refractivity contribution >= 4 is 38.4 Å². The van der Waals surface area contributed by atoms with Gasteiger partial charge in [0.05, 0.1) is 5.52 Å². The molecule has 0 bridgehead atoms. The summed E-state index contributed by atoms with van der Waals surface area (Å²) in [5.74, 6) is -0.504. The molecular weight excluding hydrogens is 410 g/mol. The molecule has 2 aromatic carbocycles. The van der Waals surface area contributed by atoms with Crippen LogP contribution in [0.3, 0.4) is 0 Å². The Morgan fingerprint density at radius 3 is 2.74 bits per heavy atom. The Morgan fingerprint density at radius 2 is 1.96 bits per heavy atom. The van der Waals surface area contributed by atoms with Crippen molar-refractivity contribution in [2.45, 2.75) is 25.4 Å². The van der Waals surface area contributed by atoms with Crippen molar-refractivity contribution < 1.29 is 9.90 Å². The summed E-state index contributed by atoms with van der Waals surface area (Å²) < 4.78 is 0.847. The van der Waals surface area contributed by atoms with Crippen LogP contribution in [0.25, 0.3) is 10.9 Å². The van der Waals surface area contributed by atoms with E-state index < -0.39 is 6.04 Å². The van der Waals surface area contributed by atoms with Gasteiger partial charge in [0.15, 0.2) is 5.69 Å². The standard InChI is InChI=1S/C19H18BrN5O2/c1-10-2-4-11(5-3-10)15-9-16(23-22-15)18(26)25-24-17-13-8-12(20)6-7-14(13)21-19(17)27/h2-8,15-16,21-23,27H,9H2,1H3. The van der Waals surface area contributed by atoms with Crippen LogP contribution >= 0.6 is 15.9 Å². The summed E-state index contributed by atoms with van der Waals surface area (Å²) in [5.41, 5.74) is 9.38. The molecule has 8 heteroatoms. The number of rotatable bonds is 3. The summed E-state index contributed by atoms with van der Waals surface area (Å²) in [6.07, 6.45) is 0.576. The van der Waals surface area contributed by atoms with Crippen LogP contribution in [0.15, 0.2) is 57.2 Å². The third-order valence-electron chi connectivity index (χ3n) is 4.64. The van der Waals surface area contributed by atoms with Gasteiger partial charge in [-0.05, 0) is 37.1 Å². The predicted octanol–water partition coefficient (Wildman–Crippen LogP) is 4.16. The number of hydrazine groups is 1. The van der Waals surface area contributed by atoms with E-state index in [1.165, 1.54) is 5.56 Å². The van der Waals surface area contributed by atoms with Crippen LogP contribution in [-0.4, -0.2) is 22.0 Å². The Balaban J connectivity index is 1.49. The number of amides is 1. The number of fused-ring (bicyclic) bond motifs is 1. The molecule has 1 aliphatic heterocycles. The maximum atomic E-state index is 12.4. The molecule has 4 N–H and O–H groups in total. The van der Waals surface area contributed by atoms with Gasteiger partial charge in [-0.25, -0.2) is 10.9 Å². The van der Waals surface area contributed by atoms with E-state index in [-0.39, 0.29) is 23.5 Å². The van der Waals surface area contributed by atoms with Gasteiger partial charge in [-0.15, -0.1) is 10.2 Å². The van der Waals surface area contributed by atoms with Crippen LogP contribution in [0.4, 0.5) is 5.69 Å². The van der Waals surface area contributed by atoms with Crippen LogP contribution < -0.4 is 10.9 Å². The first-order chi connectivity index (χ1) is 13.0. The molecule has 2 atom stereocenters. The number of carbonyl (C=O) groups is 1. The molecule has 7 nitrogen and oxygen atoms in total. The first-order valence-corrected chi connectivity index (χ1v) is 9.34. The molecule has 1 amide bonds. The second-order valence-electron chi connectivity index (χ2n) is 6.59. The lowest BCUT2D eigenvalue weighted by atomic mass is 10.0. The number of H-pyrrole nitrogens is 1. The average Bonchev–Trinajstić information content (AvgIpc) is 3.25. The van der Waals surface area contributed by atoms with E-state index in [1.54, 1.807) is 0 Å². The molecule has 0 aliphatic carbocycles. The minimum atomic E-state index is -0.473. The average molecular weight is 428 g/mol. The number of carbonyl (C=O) groups excluding carboxylic acids is 1. The molecule has 1 fully saturated rings. The molecule has 27 heavy (non-hydrogen) atoms. The van der Waals surface area contributed by atoms with E-state index in [9.17, 15) is 9.90 Å². The van der Waals surface area contributed by atoms with Crippen LogP contribution in [-0.2, 0) is 4.79 Å². The molecule has 0 saturated carbocycles. The topological polar surface area (TPSA) is 102 Å². The van der Waals surface area contributed by atoms with E-state index in [0.717, 1.165) is 15.6 Å². The zero-order chi connectivity index (χ0) is 19.0. The zero-order valence-corrected chi connectivity index (χ0v) is 16.1. The molecule has 1 saturated heterocycles. The Morgan fingerprint density at radius 1 is 1.19 bits per heavy atom. The fraction of sp³-hybridized carbons (Fsp3) is 0.211. The molecule has 2 unspecified atom stereocenters. The Hall–Kier alpha value is -2.55. The molecule has 0 spiro atoms. The maximum Gasteiger partial charge on any atom is 0.282 e. The van der Waals surface area contributed by atoms with Crippen molar-refractivity contribution in [1.82, 2.24) is 15.8 Å². The summed E-state index contributed by atoms with van der Waals surface area (Å²) in [6, 6.07) is 13.2. The Bertz CT molecular complexity index is 1030. The monoisotopic (exact) mass is 427 g/mol. The van der Waals surface area contributed by atoms with Crippen LogP contribution in [0.5, 0.6) is 5.88 Å². The molecule has 138 valence electrons. The molecule has 1 aliphatic rings. The predicted molar refractivity (Wildman–Crippen MR) is 106 cm³/mol. The molecule has 0 radical (unpaired) electrons. The fourth-order valence-corrected chi connectivity index (χ4v) is 3.50. The van der Waals surface area contributed by atoms with Gasteiger partial charge in [0, 0.05) is 15.9 Å². The van der Waals surface area contributed by atoms with Crippen molar-refractivity contribution in [3.05, 3.63) is 58.1 Å². The van der Waals surface area contributed by atoms with E-state index in [1.807, 2.05) is 49.4 Å². The number of hydrogen-bond acceptors (Lipinski definition) is 5. The molecule has 4 rings (SSSR count). The minimum absolute atomic E-state index is 0.0344. The third kappa shape index (κ3) is 3.64. The number of azo groups is 1. The summed E-state index contributed by atoms with van der Waals surface area (Å²) in [7, 11) is 0. The van der Waals surface area contributed by atoms with Crippen molar-refractivity contribution in [1.29, 1.82) is 0 Å². The quantitative estimate of drug-likeness (QED) is 0.471. The summed E-state index contributed by atoms with van der Waals surface area (Å²) in [4.78, 5) is 15.2. The maximum absolute atomic E-state index is 12.4. The number of aromatic amines is 1. The van der Waals surface area contributed by atoms with Crippen LogP contribution in [0.1, 0.15) is 23.6 Å². The number of aromatic nitrogens is 1. The highest BCUT2D eigenvalue weighted by Gasteiger charge is 2.30. The summed E-state index contributed by atoms with van der Waals surface area (Å²) in [5, 5.41) is 18.6. The van der Waals surface area contributed by atoms with Crippen molar-refractivity contribution in [2.24, 2.45) is 10.2 Å². The number of nitrogens with one attached hydrogen (secondary N) is 3. The van der Waals surface area contributed by atoms with Gasteiger partial charge in [-0.1, -0.05) is 45.8 Å². The molecular formula is C19H18BrN5O2. The third-order valence-corrected chi connectivity index (χ3v) is 5.14. The normalized spacial score (nSPS) is 19.9. The SMILES string of the molecule is Cc1ccc(C2CC(C(=O)N=Nc3c(O)[nH]c4ccc(Br)cc34)NN2)cc1. The largest absolute Gasteiger partial charge is 0.493 e. The smallest absolute Gasteiger partial charge is 0.282 e. The van der Waals surface area contributed by atoms with E-state index >= 15 is 0 Å². The number of aryl methyl sites for hydroxylation is 1. The number of aromatic hydroxyl groups is 1.